The quantitative estimate of drug-likeness (QED) is 0.870. The number of pyridine rings is 1. The van der Waals surface area contributed by atoms with Crippen molar-refractivity contribution < 1.29 is 0 Å². The van der Waals surface area contributed by atoms with Crippen molar-refractivity contribution in [3.63, 3.8) is 0 Å². The molecule has 0 spiro atoms. The Labute approximate surface area is 135 Å². The number of aryl methyl sites for hydroxylation is 2. The largest absolute Gasteiger partial charge is 0.314 e. The molecule has 2 aromatic rings. The third-order valence-electron chi connectivity index (χ3n) is 3.85. The van der Waals surface area contributed by atoms with Crippen LogP contribution in [0.5, 0.6) is 0 Å². The van der Waals surface area contributed by atoms with Gasteiger partial charge < -0.3 is 5.32 Å². The van der Waals surface area contributed by atoms with Crippen LogP contribution < -0.4 is 5.32 Å². The Balaban J connectivity index is 2.13. The third-order valence-corrected chi connectivity index (χ3v) is 4.32. The summed E-state index contributed by atoms with van der Waals surface area (Å²) in [4.78, 5) is 4.48. The van der Waals surface area contributed by atoms with E-state index in [9.17, 15) is 0 Å². The van der Waals surface area contributed by atoms with Crippen LogP contribution in [0.4, 0.5) is 0 Å². The maximum Gasteiger partial charge on any atom is 0.0628 e. The number of likely N-dealkylation sites (N-methyl/N-ethyl adjacent to an activating group) is 1. The van der Waals surface area contributed by atoms with Gasteiger partial charge in [0.15, 0.2) is 0 Å². The zero-order valence-corrected chi connectivity index (χ0v) is 14.7. The van der Waals surface area contributed by atoms with Gasteiger partial charge in [0.25, 0.3) is 0 Å². The maximum atomic E-state index is 4.51. The summed E-state index contributed by atoms with van der Waals surface area (Å²) in [6.45, 7) is 7.32. The third kappa shape index (κ3) is 4.14. The van der Waals surface area contributed by atoms with E-state index in [1.165, 1.54) is 11.3 Å². The highest BCUT2D eigenvalue weighted by molar-refractivity contribution is 9.10. The summed E-state index contributed by atoms with van der Waals surface area (Å²) in [6, 6.07) is 4.51. The molecule has 2 heterocycles. The van der Waals surface area contributed by atoms with Gasteiger partial charge >= 0.3 is 0 Å². The molecule has 4 nitrogen and oxygen atoms in total. The molecule has 0 saturated heterocycles. The van der Waals surface area contributed by atoms with Crippen LogP contribution in [0, 0.1) is 13.8 Å². The SMILES string of the molecule is CCNC(Cc1ccc(Br)cn1)Cc1c(C)nn(C)c1C. The molecular weight excluding hydrogens is 328 g/mol. The molecule has 21 heavy (non-hydrogen) atoms. The highest BCUT2D eigenvalue weighted by atomic mass is 79.9. The fourth-order valence-electron chi connectivity index (χ4n) is 2.64. The van der Waals surface area contributed by atoms with E-state index in [-0.39, 0.29) is 0 Å². The zero-order chi connectivity index (χ0) is 15.4. The molecule has 114 valence electrons. The lowest BCUT2D eigenvalue weighted by molar-refractivity contribution is 0.514. The first-order valence-corrected chi connectivity index (χ1v) is 8.13. The smallest absolute Gasteiger partial charge is 0.0628 e. The summed E-state index contributed by atoms with van der Waals surface area (Å²) < 4.78 is 2.98. The molecule has 0 radical (unpaired) electrons. The van der Waals surface area contributed by atoms with Gasteiger partial charge in [-0.1, -0.05) is 6.92 Å². The molecule has 2 aromatic heterocycles. The van der Waals surface area contributed by atoms with E-state index in [0.717, 1.165) is 35.2 Å². The van der Waals surface area contributed by atoms with Gasteiger partial charge in [0.2, 0.25) is 0 Å². The van der Waals surface area contributed by atoms with E-state index >= 15 is 0 Å². The first-order chi connectivity index (χ1) is 10.0. The van der Waals surface area contributed by atoms with Gasteiger partial charge in [0.05, 0.1) is 5.69 Å². The number of aromatic nitrogens is 3. The Morgan fingerprint density at radius 1 is 1.29 bits per heavy atom. The molecule has 1 atom stereocenters. The standard InChI is InChI=1S/C16H23BrN4/c1-5-18-15(8-14-7-6-13(17)10-19-14)9-16-11(2)20-21(4)12(16)3/h6-7,10,15,18H,5,8-9H2,1-4H3. The molecule has 0 saturated carbocycles. The molecular formula is C16H23BrN4. The van der Waals surface area contributed by atoms with Crippen molar-refractivity contribution in [3.8, 4) is 0 Å². The van der Waals surface area contributed by atoms with E-state index in [1.807, 2.05) is 24.0 Å². The van der Waals surface area contributed by atoms with Gasteiger partial charge in [-0.3, -0.25) is 9.67 Å². The van der Waals surface area contributed by atoms with E-state index < -0.39 is 0 Å². The fourth-order valence-corrected chi connectivity index (χ4v) is 2.88. The van der Waals surface area contributed by atoms with Crippen LogP contribution in [0.25, 0.3) is 0 Å². The minimum atomic E-state index is 0.380. The molecule has 0 aliphatic rings. The van der Waals surface area contributed by atoms with Crippen molar-refractivity contribution in [2.45, 2.75) is 39.7 Å². The maximum absolute atomic E-state index is 4.51. The first-order valence-electron chi connectivity index (χ1n) is 7.34. The highest BCUT2D eigenvalue weighted by Gasteiger charge is 2.16. The van der Waals surface area contributed by atoms with E-state index in [1.54, 1.807) is 0 Å². The highest BCUT2D eigenvalue weighted by Crippen LogP contribution is 2.16. The summed E-state index contributed by atoms with van der Waals surface area (Å²) in [6.07, 6.45) is 3.77. The summed E-state index contributed by atoms with van der Waals surface area (Å²) in [7, 11) is 2.00. The Hall–Kier alpha value is -1.20. The van der Waals surface area contributed by atoms with Gasteiger partial charge in [-0.25, -0.2) is 0 Å². The Bertz CT molecular complexity index is 589. The average Bonchev–Trinajstić information content (AvgIpc) is 2.68. The number of hydrogen-bond acceptors (Lipinski definition) is 3. The lowest BCUT2D eigenvalue weighted by Gasteiger charge is -2.18. The number of rotatable bonds is 6. The number of hydrogen-bond donors (Lipinski definition) is 1. The number of halogens is 1. The van der Waals surface area contributed by atoms with Gasteiger partial charge in [-0.05, 0) is 60.4 Å². The second-order valence-corrected chi connectivity index (χ2v) is 6.32. The summed E-state index contributed by atoms with van der Waals surface area (Å²) >= 11 is 3.43. The lowest BCUT2D eigenvalue weighted by Crippen LogP contribution is -2.33. The monoisotopic (exact) mass is 350 g/mol. The summed E-state index contributed by atoms with van der Waals surface area (Å²) in [5.41, 5.74) is 4.84. The predicted octanol–water partition coefficient (Wildman–Crippen LogP) is 2.96. The second kappa shape index (κ2) is 7.18. The lowest BCUT2D eigenvalue weighted by atomic mass is 10.00. The van der Waals surface area contributed by atoms with Crippen molar-refractivity contribution in [2.75, 3.05) is 6.54 Å². The van der Waals surface area contributed by atoms with Crippen LogP contribution in [0.15, 0.2) is 22.8 Å². The van der Waals surface area contributed by atoms with E-state index in [2.05, 4.69) is 58.2 Å². The first kappa shape index (κ1) is 16.2. The molecule has 0 aromatic carbocycles. The van der Waals surface area contributed by atoms with Crippen molar-refractivity contribution in [2.24, 2.45) is 7.05 Å². The van der Waals surface area contributed by atoms with Crippen LogP contribution >= 0.6 is 15.9 Å². The zero-order valence-electron chi connectivity index (χ0n) is 13.2. The van der Waals surface area contributed by atoms with Gasteiger partial charge in [0.1, 0.15) is 0 Å². The second-order valence-electron chi connectivity index (χ2n) is 5.40. The molecule has 1 unspecified atom stereocenters. The Kier molecular flexibility index (Phi) is 5.53. The summed E-state index contributed by atoms with van der Waals surface area (Å²) in [5, 5.41) is 8.08. The van der Waals surface area contributed by atoms with Gasteiger partial charge in [-0.15, -0.1) is 0 Å². The normalized spacial score (nSPS) is 12.6. The molecule has 0 amide bonds. The fraction of sp³-hybridized carbons (Fsp3) is 0.500. The molecule has 1 N–H and O–H groups in total. The number of nitrogens with zero attached hydrogens (tertiary/aromatic N) is 3. The minimum Gasteiger partial charge on any atom is -0.314 e. The summed E-state index contributed by atoms with van der Waals surface area (Å²) in [5.74, 6) is 0. The molecule has 0 bridgehead atoms. The van der Waals surface area contributed by atoms with Crippen LogP contribution in [-0.2, 0) is 19.9 Å². The molecule has 5 heteroatoms. The topological polar surface area (TPSA) is 42.7 Å². The Morgan fingerprint density at radius 3 is 2.57 bits per heavy atom. The predicted molar refractivity (Wildman–Crippen MR) is 89.5 cm³/mol. The minimum absolute atomic E-state index is 0.380. The molecule has 0 fully saturated rings. The van der Waals surface area contributed by atoms with Crippen molar-refractivity contribution in [1.29, 1.82) is 0 Å². The van der Waals surface area contributed by atoms with Gasteiger partial charge in [0, 0.05) is 41.6 Å². The Morgan fingerprint density at radius 2 is 2.05 bits per heavy atom. The van der Waals surface area contributed by atoms with Crippen LogP contribution in [0.1, 0.15) is 29.6 Å². The van der Waals surface area contributed by atoms with Crippen molar-refractivity contribution >= 4 is 15.9 Å². The average molecular weight is 351 g/mol. The van der Waals surface area contributed by atoms with Gasteiger partial charge in [-0.2, -0.15) is 5.10 Å². The van der Waals surface area contributed by atoms with Crippen LogP contribution in [-0.4, -0.2) is 27.4 Å². The van der Waals surface area contributed by atoms with E-state index in [4.69, 9.17) is 0 Å². The van der Waals surface area contributed by atoms with E-state index in [0.29, 0.717) is 6.04 Å². The molecule has 2 rings (SSSR count). The molecule has 0 aliphatic heterocycles. The van der Waals surface area contributed by atoms with Crippen LogP contribution in [0.3, 0.4) is 0 Å². The molecule has 0 aliphatic carbocycles. The van der Waals surface area contributed by atoms with Crippen molar-refractivity contribution in [1.82, 2.24) is 20.1 Å². The van der Waals surface area contributed by atoms with Crippen molar-refractivity contribution in [3.05, 3.63) is 45.4 Å². The van der Waals surface area contributed by atoms with Crippen LogP contribution in [0.2, 0.25) is 0 Å². The number of nitrogens with one attached hydrogen (secondary N) is 1.